The molecule has 0 aliphatic carbocycles. The number of alkyl halides is 2. The number of piperidine rings is 1. The van der Waals surface area contributed by atoms with Crippen molar-refractivity contribution in [2.75, 3.05) is 32.8 Å². The zero-order chi connectivity index (χ0) is 13.4. The number of carbonyl (C=O) groups is 1. The van der Waals surface area contributed by atoms with Crippen LogP contribution in [-0.4, -0.2) is 50.1 Å². The summed E-state index contributed by atoms with van der Waals surface area (Å²) in [6.07, 6.45) is 0.710. The minimum Gasteiger partial charge on any atom is -0.375 e. The summed E-state index contributed by atoms with van der Waals surface area (Å²) in [4.78, 5) is 13.5. The molecule has 0 radical (unpaired) electrons. The number of amides is 1. The molecule has 2 N–H and O–H groups in total. The summed E-state index contributed by atoms with van der Waals surface area (Å²) in [6, 6.07) is 0. The van der Waals surface area contributed by atoms with Crippen LogP contribution in [0.25, 0.3) is 0 Å². The molecule has 0 aromatic heterocycles. The first-order valence-corrected chi connectivity index (χ1v) is 6.47. The smallest absolute Gasteiger partial charge is 0.261 e. The van der Waals surface area contributed by atoms with Crippen LogP contribution in [0.1, 0.15) is 25.7 Å². The van der Waals surface area contributed by atoms with Crippen molar-refractivity contribution in [3.8, 4) is 0 Å². The monoisotopic (exact) mass is 264 g/mol. The number of carbonyl (C=O) groups excluding carboxylic acids is 1. The van der Waals surface area contributed by atoms with Crippen LogP contribution in [-0.2, 0) is 9.53 Å². The predicted octanol–water partition coefficient (Wildman–Crippen LogP) is 1.25. The average molecular weight is 264 g/mol. The Kier molecular flexibility index (Phi) is 7.12. The van der Waals surface area contributed by atoms with Gasteiger partial charge in [0.15, 0.2) is 0 Å². The van der Waals surface area contributed by atoms with Crippen LogP contribution in [0.2, 0.25) is 0 Å². The molecule has 0 aromatic carbocycles. The number of ether oxygens (including phenoxy) is 1. The van der Waals surface area contributed by atoms with E-state index in [1.165, 1.54) is 0 Å². The third-order valence-electron chi connectivity index (χ3n) is 3.25. The van der Waals surface area contributed by atoms with Gasteiger partial charge >= 0.3 is 0 Å². The normalized spacial score (nSPS) is 17.4. The lowest BCUT2D eigenvalue weighted by molar-refractivity contribution is -0.134. The zero-order valence-electron chi connectivity index (χ0n) is 10.6. The highest BCUT2D eigenvalue weighted by atomic mass is 19.3. The lowest BCUT2D eigenvalue weighted by atomic mass is 9.93. The van der Waals surface area contributed by atoms with E-state index in [0.29, 0.717) is 12.5 Å². The van der Waals surface area contributed by atoms with Crippen LogP contribution in [0.15, 0.2) is 0 Å². The van der Waals surface area contributed by atoms with Crippen molar-refractivity contribution >= 4 is 5.91 Å². The Labute approximate surface area is 106 Å². The Hall–Kier alpha value is -0.750. The van der Waals surface area contributed by atoms with Crippen LogP contribution in [0, 0.1) is 5.92 Å². The summed E-state index contributed by atoms with van der Waals surface area (Å²) < 4.78 is 28.3. The van der Waals surface area contributed by atoms with E-state index in [-0.39, 0.29) is 18.9 Å². The molecule has 0 aromatic rings. The largest absolute Gasteiger partial charge is 0.375 e. The molecule has 0 atom stereocenters. The molecule has 18 heavy (non-hydrogen) atoms. The van der Waals surface area contributed by atoms with E-state index in [1.54, 1.807) is 4.90 Å². The SMILES string of the molecule is NCCC1CCN(C(=O)CCOCC(F)F)CC1. The van der Waals surface area contributed by atoms with Gasteiger partial charge in [-0.25, -0.2) is 8.78 Å². The Bertz CT molecular complexity index is 244. The van der Waals surface area contributed by atoms with Crippen LogP contribution >= 0.6 is 0 Å². The minimum absolute atomic E-state index is 0.00420. The summed E-state index contributed by atoms with van der Waals surface area (Å²) in [7, 11) is 0. The number of likely N-dealkylation sites (tertiary alicyclic amines) is 1. The summed E-state index contributed by atoms with van der Waals surface area (Å²) in [5.41, 5.74) is 5.50. The van der Waals surface area contributed by atoms with Crippen molar-refractivity contribution in [3.05, 3.63) is 0 Å². The van der Waals surface area contributed by atoms with Crippen molar-refractivity contribution in [3.63, 3.8) is 0 Å². The second kappa shape index (κ2) is 8.37. The van der Waals surface area contributed by atoms with E-state index in [9.17, 15) is 13.6 Å². The molecule has 1 amide bonds. The van der Waals surface area contributed by atoms with E-state index in [1.807, 2.05) is 0 Å². The minimum atomic E-state index is -2.47. The van der Waals surface area contributed by atoms with Gasteiger partial charge in [0, 0.05) is 13.1 Å². The summed E-state index contributed by atoms with van der Waals surface area (Å²) in [6.45, 7) is 1.68. The fourth-order valence-corrected chi connectivity index (χ4v) is 2.20. The topological polar surface area (TPSA) is 55.6 Å². The zero-order valence-corrected chi connectivity index (χ0v) is 10.6. The third-order valence-corrected chi connectivity index (χ3v) is 3.25. The molecule has 106 valence electrons. The van der Waals surface area contributed by atoms with Crippen molar-refractivity contribution in [2.45, 2.75) is 32.1 Å². The van der Waals surface area contributed by atoms with Gasteiger partial charge in [-0.05, 0) is 31.7 Å². The first-order valence-electron chi connectivity index (χ1n) is 6.47. The molecule has 0 saturated carbocycles. The number of hydrogen-bond donors (Lipinski definition) is 1. The van der Waals surface area contributed by atoms with Crippen molar-refractivity contribution in [2.24, 2.45) is 11.7 Å². The first kappa shape index (κ1) is 15.3. The highest BCUT2D eigenvalue weighted by Gasteiger charge is 2.21. The van der Waals surface area contributed by atoms with Crippen LogP contribution < -0.4 is 5.73 Å². The van der Waals surface area contributed by atoms with E-state index in [4.69, 9.17) is 10.5 Å². The van der Waals surface area contributed by atoms with Crippen LogP contribution in [0.3, 0.4) is 0 Å². The Morgan fingerprint density at radius 3 is 2.61 bits per heavy atom. The Balaban J connectivity index is 2.12. The summed E-state index contributed by atoms with van der Waals surface area (Å²) in [5, 5.41) is 0. The van der Waals surface area contributed by atoms with E-state index in [2.05, 4.69) is 0 Å². The lowest BCUT2D eigenvalue weighted by Gasteiger charge is -2.32. The number of nitrogens with zero attached hydrogens (tertiary/aromatic N) is 1. The second-order valence-corrected chi connectivity index (χ2v) is 4.62. The molecule has 0 bridgehead atoms. The fraction of sp³-hybridized carbons (Fsp3) is 0.917. The number of nitrogens with two attached hydrogens (primary N) is 1. The Morgan fingerprint density at radius 2 is 2.06 bits per heavy atom. The molecule has 0 unspecified atom stereocenters. The van der Waals surface area contributed by atoms with Gasteiger partial charge in [-0.2, -0.15) is 0 Å². The molecule has 6 heteroatoms. The predicted molar refractivity (Wildman–Crippen MR) is 64.4 cm³/mol. The van der Waals surface area contributed by atoms with Gasteiger partial charge < -0.3 is 15.4 Å². The quantitative estimate of drug-likeness (QED) is 0.704. The molecular weight excluding hydrogens is 242 g/mol. The average Bonchev–Trinajstić information content (AvgIpc) is 2.35. The fourth-order valence-electron chi connectivity index (χ4n) is 2.20. The van der Waals surface area contributed by atoms with Gasteiger partial charge in [0.25, 0.3) is 6.43 Å². The molecule has 1 aliphatic heterocycles. The third kappa shape index (κ3) is 5.73. The lowest BCUT2D eigenvalue weighted by Crippen LogP contribution is -2.39. The van der Waals surface area contributed by atoms with Gasteiger partial charge in [0.05, 0.1) is 13.0 Å². The molecular formula is C12H22F2N2O2. The van der Waals surface area contributed by atoms with Gasteiger partial charge in [-0.3, -0.25) is 4.79 Å². The van der Waals surface area contributed by atoms with E-state index < -0.39 is 13.0 Å². The van der Waals surface area contributed by atoms with Gasteiger partial charge in [-0.1, -0.05) is 0 Å². The van der Waals surface area contributed by atoms with Crippen molar-refractivity contribution in [1.29, 1.82) is 0 Å². The van der Waals surface area contributed by atoms with Crippen molar-refractivity contribution in [1.82, 2.24) is 4.90 Å². The molecule has 4 nitrogen and oxygen atoms in total. The molecule has 1 saturated heterocycles. The molecule has 1 fully saturated rings. The Morgan fingerprint density at radius 1 is 1.39 bits per heavy atom. The summed E-state index contributed by atoms with van der Waals surface area (Å²) in [5.74, 6) is 0.615. The number of rotatable bonds is 7. The molecule has 1 rings (SSSR count). The van der Waals surface area contributed by atoms with Crippen LogP contribution in [0.4, 0.5) is 8.78 Å². The maximum atomic E-state index is 11.8. The second-order valence-electron chi connectivity index (χ2n) is 4.62. The van der Waals surface area contributed by atoms with Gasteiger partial charge in [0.2, 0.25) is 5.91 Å². The van der Waals surface area contributed by atoms with Gasteiger partial charge in [-0.15, -0.1) is 0 Å². The molecule has 1 aliphatic rings. The molecule has 1 heterocycles. The van der Waals surface area contributed by atoms with Crippen LogP contribution in [0.5, 0.6) is 0 Å². The number of hydrogen-bond acceptors (Lipinski definition) is 3. The van der Waals surface area contributed by atoms with E-state index in [0.717, 1.165) is 32.4 Å². The highest BCUT2D eigenvalue weighted by Crippen LogP contribution is 2.20. The molecule has 0 spiro atoms. The number of halogens is 2. The van der Waals surface area contributed by atoms with Gasteiger partial charge in [0.1, 0.15) is 6.61 Å². The highest BCUT2D eigenvalue weighted by molar-refractivity contribution is 5.76. The standard InChI is InChI=1S/C12H22F2N2O2/c13-11(14)9-18-8-4-12(17)16-6-2-10(1-5-15)3-7-16/h10-11H,1-9,15H2. The maximum Gasteiger partial charge on any atom is 0.261 e. The summed E-state index contributed by atoms with van der Waals surface area (Å²) >= 11 is 0. The maximum absolute atomic E-state index is 11.8. The first-order chi connectivity index (χ1) is 8.63. The van der Waals surface area contributed by atoms with E-state index >= 15 is 0 Å². The van der Waals surface area contributed by atoms with Crippen molar-refractivity contribution < 1.29 is 18.3 Å².